The standard InChI is InChI=1S/C19H20FNO3S/c1-13(14-8-10-15(20)11-9-14)21(2)18(22)12-25-17-7-5-4-6-16(17)19(23)24-3/h4-11,13H,12H2,1-3H3. The van der Waals surface area contributed by atoms with Gasteiger partial charge in [-0.05, 0) is 36.8 Å². The number of hydrogen-bond donors (Lipinski definition) is 0. The van der Waals surface area contributed by atoms with Crippen molar-refractivity contribution >= 4 is 23.6 Å². The molecule has 0 spiro atoms. The molecule has 4 nitrogen and oxygen atoms in total. The number of carbonyl (C=O) groups excluding carboxylic acids is 2. The second-order valence-corrected chi connectivity index (χ2v) is 6.53. The van der Waals surface area contributed by atoms with E-state index in [0.717, 1.165) is 5.56 Å². The van der Waals surface area contributed by atoms with Gasteiger partial charge in [-0.3, -0.25) is 4.79 Å². The zero-order valence-corrected chi connectivity index (χ0v) is 15.2. The van der Waals surface area contributed by atoms with Gasteiger partial charge in [-0.15, -0.1) is 11.8 Å². The molecule has 0 aliphatic heterocycles. The van der Waals surface area contributed by atoms with E-state index in [1.807, 2.05) is 13.0 Å². The summed E-state index contributed by atoms with van der Waals surface area (Å²) in [5.74, 6) is -0.624. The van der Waals surface area contributed by atoms with Gasteiger partial charge >= 0.3 is 5.97 Å². The van der Waals surface area contributed by atoms with E-state index in [1.54, 1.807) is 42.3 Å². The first-order chi connectivity index (χ1) is 11.9. The van der Waals surface area contributed by atoms with Gasteiger partial charge in [-0.25, -0.2) is 9.18 Å². The molecule has 0 saturated heterocycles. The van der Waals surface area contributed by atoms with Crippen LogP contribution < -0.4 is 0 Å². The van der Waals surface area contributed by atoms with Crippen LogP contribution in [0.2, 0.25) is 0 Å². The first-order valence-corrected chi connectivity index (χ1v) is 8.74. The fourth-order valence-corrected chi connectivity index (χ4v) is 3.26. The van der Waals surface area contributed by atoms with E-state index in [-0.39, 0.29) is 23.5 Å². The molecule has 6 heteroatoms. The fourth-order valence-electron chi connectivity index (χ4n) is 2.29. The molecule has 0 aliphatic rings. The van der Waals surface area contributed by atoms with E-state index in [0.29, 0.717) is 10.5 Å². The van der Waals surface area contributed by atoms with Gasteiger partial charge < -0.3 is 9.64 Å². The van der Waals surface area contributed by atoms with Gasteiger partial charge in [-0.2, -0.15) is 0 Å². The predicted octanol–water partition coefficient (Wildman–Crippen LogP) is 3.92. The van der Waals surface area contributed by atoms with Gasteiger partial charge in [-0.1, -0.05) is 24.3 Å². The van der Waals surface area contributed by atoms with Crippen LogP contribution in [0.3, 0.4) is 0 Å². The largest absolute Gasteiger partial charge is 0.465 e. The zero-order valence-electron chi connectivity index (χ0n) is 14.4. The van der Waals surface area contributed by atoms with Gasteiger partial charge in [0.15, 0.2) is 0 Å². The van der Waals surface area contributed by atoms with Gasteiger partial charge in [0.1, 0.15) is 5.82 Å². The Morgan fingerprint density at radius 2 is 1.80 bits per heavy atom. The molecule has 0 aromatic heterocycles. The first-order valence-electron chi connectivity index (χ1n) is 7.75. The number of amides is 1. The quantitative estimate of drug-likeness (QED) is 0.578. The number of methoxy groups -OCH3 is 1. The Bertz CT molecular complexity index is 749. The van der Waals surface area contributed by atoms with Crippen molar-refractivity contribution in [3.05, 3.63) is 65.5 Å². The molecule has 0 aliphatic carbocycles. The fraction of sp³-hybridized carbons (Fsp3) is 0.263. The lowest BCUT2D eigenvalue weighted by atomic mass is 10.1. The number of nitrogens with zero attached hydrogens (tertiary/aromatic N) is 1. The second-order valence-electron chi connectivity index (χ2n) is 5.51. The maximum atomic E-state index is 13.0. The zero-order chi connectivity index (χ0) is 18.4. The average Bonchev–Trinajstić information content (AvgIpc) is 2.65. The molecule has 2 rings (SSSR count). The lowest BCUT2D eigenvalue weighted by Gasteiger charge is -2.25. The van der Waals surface area contributed by atoms with Crippen LogP contribution in [0.4, 0.5) is 4.39 Å². The molecule has 0 heterocycles. The molecule has 2 aromatic rings. The molecule has 132 valence electrons. The number of hydrogen-bond acceptors (Lipinski definition) is 4. The highest BCUT2D eigenvalue weighted by atomic mass is 32.2. The number of carbonyl (C=O) groups is 2. The molecule has 0 N–H and O–H groups in total. The summed E-state index contributed by atoms with van der Waals surface area (Å²) in [7, 11) is 3.04. The van der Waals surface area contributed by atoms with Crippen LogP contribution in [-0.4, -0.2) is 36.7 Å². The van der Waals surface area contributed by atoms with Crippen LogP contribution >= 0.6 is 11.8 Å². The van der Waals surface area contributed by atoms with E-state index < -0.39 is 5.97 Å². The molecule has 2 aromatic carbocycles. The van der Waals surface area contributed by atoms with E-state index in [1.165, 1.54) is 31.0 Å². The van der Waals surface area contributed by atoms with Gasteiger partial charge in [0.2, 0.25) is 5.91 Å². The maximum absolute atomic E-state index is 13.0. The highest BCUT2D eigenvalue weighted by Gasteiger charge is 2.19. The summed E-state index contributed by atoms with van der Waals surface area (Å²) in [5, 5.41) is 0. The lowest BCUT2D eigenvalue weighted by molar-refractivity contribution is -0.128. The number of benzene rings is 2. The van der Waals surface area contributed by atoms with Crippen LogP contribution in [-0.2, 0) is 9.53 Å². The molecule has 0 radical (unpaired) electrons. The Morgan fingerprint density at radius 1 is 1.16 bits per heavy atom. The highest BCUT2D eigenvalue weighted by Crippen LogP contribution is 2.25. The van der Waals surface area contributed by atoms with E-state index >= 15 is 0 Å². The summed E-state index contributed by atoms with van der Waals surface area (Å²) in [6.07, 6.45) is 0. The number of rotatable bonds is 6. The summed E-state index contributed by atoms with van der Waals surface area (Å²) in [5.41, 5.74) is 1.30. The predicted molar refractivity (Wildman–Crippen MR) is 96.1 cm³/mol. The Kier molecular flexibility index (Phi) is 6.58. The topological polar surface area (TPSA) is 46.6 Å². The highest BCUT2D eigenvalue weighted by molar-refractivity contribution is 8.00. The molecular formula is C19H20FNO3S. The van der Waals surface area contributed by atoms with Crippen LogP contribution in [0.25, 0.3) is 0 Å². The Hall–Kier alpha value is -2.34. The van der Waals surface area contributed by atoms with Gasteiger partial charge in [0.05, 0.1) is 24.5 Å². The molecular weight excluding hydrogens is 341 g/mol. The Morgan fingerprint density at radius 3 is 2.44 bits per heavy atom. The third kappa shape index (κ3) is 4.82. The van der Waals surface area contributed by atoms with Gasteiger partial charge in [0, 0.05) is 11.9 Å². The number of ether oxygens (including phenoxy) is 1. The van der Waals surface area contributed by atoms with Crippen molar-refractivity contribution in [3.8, 4) is 0 Å². The molecule has 0 fully saturated rings. The Balaban J connectivity index is 2.02. The summed E-state index contributed by atoms with van der Waals surface area (Å²) in [4.78, 5) is 26.5. The first kappa shape index (κ1) is 19.0. The summed E-state index contributed by atoms with van der Waals surface area (Å²) < 4.78 is 17.8. The molecule has 1 amide bonds. The summed E-state index contributed by atoms with van der Waals surface area (Å²) >= 11 is 1.29. The van der Waals surface area contributed by atoms with Crippen molar-refractivity contribution in [3.63, 3.8) is 0 Å². The van der Waals surface area contributed by atoms with Crippen molar-refractivity contribution in [2.24, 2.45) is 0 Å². The van der Waals surface area contributed by atoms with Crippen molar-refractivity contribution in [2.75, 3.05) is 19.9 Å². The maximum Gasteiger partial charge on any atom is 0.338 e. The third-order valence-electron chi connectivity index (χ3n) is 3.97. The van der Waals surface area contributed by atoms with E-state index in [9.17, 15) is 14.0 Å². The average molecular weight is 361 g/mol. The van der Waals surface area contributed by atoms with Crippen molar-refractivity contribution in [1.29, 1.82) is 0 Å². The van der Waals surface area contributed by atoms with E-state index in [2.05, 4.69) is 0 Å². The number of esters is 1. The minimum Gasteiger partial charge on any atom is -0.465 e. The van der Waals surface area contributed by atoms with Crippen molar-refractivity contribution < 1.29 is 18.7 Å². The third-order valence-corrected chi connectivity index (χ3v) is 5.03. The van der Waals surface area contributed by atoms with Crippen molar-refractivity contribution in [2.45, 2.75) is 17.9 Å². The smallest absolute Gasteiger partial charge is 0.338 e. The molecule has 1 unspecified atom stereocenters. The van der Waals surface area contributed by atoms with Gasteiger partial charge in [0.25, 0.3) is 0 Å². The molecule has 0 saturated carbocycles. The van der Waals surface area contributed by atoms with Crippen LogP contribution in [0.15, 0.2) is 53.4 Å². The molecule has 1 atom stereocenters. The Labute approximate surface area is 151 Å². The van der Waals surface area contributed by atoms with Crippen molar-refractivity contribution in [1.82, 2.24) is 4.90 Å². The normalized spacial score (nSPS) is 11.7. The summed E-state index contributed by atoms with van der Waals surface area (Å²) in [6.45, 7) is 1.89. The molecule has 25 heavy (non-hydrogen) atoms. The summed E-state index contributed by atoms with van der Waals surface area (Å²) in [6, 6.07) is 12.9. The second kappa shape index (κ2) is 8.67. The van der Waals surface area contributed by atoms with Crippen LogP contribution in [0.1, 0.15) is 28.9 Å². The number of halogens is 1. The van der Waals surface area contributed by atoms with E-state index in [4.69, 9.17) is 4.74 Å². The SMILES string of the molecule is COC(=O)c1ccccc1SCC(=O)N(C)C(C)c1ccc(F)cc1. The monoisotopic (exact) mass is 361 g/mol. The number of thioether (sulfide) groups is 1. The minimum absolute atomic E-state index is 0.0820. The van der Waals surface area contributed by atoms with Crippen LogP contribution in [0, 0.1) is 5.82 Å². The molecule has 0 bridgehead atoms. The van der Waals surface area contributed by atoms with Crippen LogP contribution in [0.5, 0.6) is 0 Å². The minimum atomic E-state index is -0.427. The lowest BCUT2D eigenvalue weighted by Crippen LogP contribution is -2.31.